The van der Waals surface area contributed by atoms with Crippen molar-refractivity contribution in [3.05, 3.63) is 5.56 Å². The van der Waals surface area contributed by atoms with Gasteiger partial charge in [0.05, 0.1) is 6.42 Å². The zero-order chi connectivity index (χ0) is 14.8. The minimum absolute atomic E-state index is 0.0723. The van der Waals surface area contributed by atoms with Crippen LogP contribution in [0.4, 0.5) is 24.8 Å². The van der Waals surface area contributed by atoms with Crippen molar-refractivity contribution in [3.8, 4) is 6.07 Å². The van der Waals surface area contributed by atoms with E-state index in [9.17, 15) is 13.2 Å². The largest absolute Gasteiger partial charge is 0.390 e. The first-order valence-electron chi connectivity index (χ1n) is 5.73. The van der Waals surface area contributed by atoms with Crippen molar-refractivity contribution in [3.63, 3.8) is 0 Å². The molecule has 0 bridgehead atoms. The van der Waals surface area contributed by atoms with Gasteiger partial charge < -0.3 is 10.6 Å². The number of alkyl halides is 3. The lowest BCUT2D eigenvalue weighted by Crippen LogP contribution is -2.25. The van der Waals surface area contributed by atoms with Crippen molar-refractivity contribution < 1.29 is 13.2 Å². The van der Waals surface area contributed by atoms with Crippen LogP contribution in [-0.4, -0.2) is 29.5 Å². The number of rotatable bonds is 4. The minimum atomic E-state index is -4.24. The summed E-state index contributed by atoms with van der Waals surface area (Å²) in [5, 5.41) is 13.1. The molecule has 0 aliphatic heterocycles. The molecule has 0 spiro atoms. The highest BCUT2D eigenvalue weighted by atomic mass is 19.4. The van der Waals surface area contributed by atoms with E-state index >= 15 is 0 Å². The predicted molar refractivity (Wildman–Crippen MR) is 65.7 cm³/mol. The average Bonchev–Trinajstić information content (AvgIpc) is 2.62. The lowest BCUT2D eigenvalue weighted by atomic mass is 10.3. The third-order valence-corrected chi connectivity index (χ3v) is 2.62. The fourth-order valence-electron chi connectivity index (χ4n) is 1.60. The fourth-order valence-corrected chi connectivity index (χ4v) is 1.60. The molecule has 0 saturated carbocycles. The van der Waals surface area contributed by atoms with E-state index in [0.717, 1.165) is 0 Å². The standard InChI is InChI=1S/C11H16F3N5/c1-7(2)19-9(16)8(6-15)10(17-19)18(3)5-4-11(12,13)14/h7H,4-5,16H2,1-3H3. The Morgan fingerprint density at radius 3 is 2.47 bits per heavy atom. The van der Waals surface area contributed by atoms with Crippen molar-refractivity contribution in [2.45, 2.75) is 32.5 Å². The maximum absolute atomic E-state index is 12.2. The first-order valence-corrected chi connectivity index (χ1v) is 5.73. The van der Waals surface area contributed by atoms with Gasteiger partial charge in [-0.25, -0.2) is 4.68 Å². The van der Waals surface area contributed by atoms with Gasteiger partial charge in [0, 0.05) is 19.6 Å². The Labute approximate surface area is 109 Å². The minimum Gasteiger partial charge on any atom is -0.383 e. The molecule has 1 aromatic rings. The van der Waals surface area contributed by atoms with E-state index in [-0.39, 0.29) is 29.8 Å². The molecule has 0 aliphatic rings. The van der Waals surface area contributed by atoms with Crippen LogP contribution >= 0.6 is 0 Å². The van der Waals surface area contributed by atoms with Crippen molar-refractivity contribution >= 4 is 11.6 Å². The predicted octanol–water partition coefficient (Wildman–Crippen LogP) is 2.31. The Hall–Kier alpha value is -1.91. The van der Waals surface area contributed by atoms with Gasteiger partial charge in [-0.3, -0.25) is 0 Å². The van der Waals surface area contributed by atoms with E-state index in [1.54, 1.807) is 0 Å². The topological polar surface area (TPSA) is 70.9 Å². The van der Waals surface area contributed by atoms with E-state index < -0.39 is 12.6 Å². The molecule has 0 saturated heterocycles. The summed E-state index contributed by atoms with van der Waals surface area (Å²) in [5.74, 6) is 0.351. The lowest BCUT2D eigenvalue weighted by Gasteiger charge is -2.17. The van der Waals surface area contributed by atoms with Crippen molar-refractivity contribution in [2.75, 3.05) is 24.2 Å². The van der Waals surface area contributed by atoms with Gasteiger partial charge in [-0.1, -0.05) is 0 Å². The normalized spacial score (nSPS) is 11.7. The molecule has 1 aromatic heterocycles. The summed E-state index contributed by atoms with van der Waals surface area (Å²) in [6.07, 6.45) is -5.21. The van der Waals surface area contributed by atoms with Gasteiger partial charge in [-0.05, 0) is 13.8 Å². The van der Waals surface area contributed by atoms with E-state index in [1.165, 1.54) is 16.6 Å². The van der Waals surface area contributed by atoms with Crippen LogP contribution < -0.4 is 10.6 Å². The molecule has 0 aliphatic carbocycles. The number of nitrogens with zero attached hydrogens (tertiary/aromatic N) is 4. The summed E-state index contributed by atoms with van der Waals surface area (Å²) >= 11 is 0. The van der Waals surface area contributed by atoms with Crippen LogP contribution in [-0.2, 0) is 0 Å². The Morgan fingerprint density at radius 1 is 1.47 bits per heavy atom. The summed E-state index contributed by atoms with van der Waals surface area (Å²) in [6, 6.07) is 1.81. The smallest absolute Gasteiger partial charge is 0.383 e. The highest BCUT2D eigenvalue weighted by Gasteiger charge is 2.28. The second-order valence-corrected chi connectivity index (χ2v) is 4.52. The number of hydrogen-bond donors (Lipinski definition) is 1. The zero-order valence-electron chi connectivity index (χ0n) is 11.0. The fraction of sp³-hybridized carbons (Fsp3) is 0.636. The monoisotopic (exact) mass is 275 g/mol. The van der Waals surface area contributed by atoms with Crippen LogP contribution in [0.5, 0.6) is 0 Å². The van der Waals surface area contributed by atoms with E-state index in [1.807, 2.05) is 19.9 Å². The Balaban J connectivity index is 3.00. The van der Waals surface area contributed by atoms with Crippen LogP contribution in [0.2, 0.25) is 0 Å². The first-order chi connectivity index (χ1) is 8.67. The molecule has 19 heavy (non-hydrogen) atoms. The molecule has 0 aromatic carbocycles. The van der Waals surface area contributed by atoms with E-state index in [0.29, 0.717) is 0 Å². The zero-order valence-corrected chi connectivity index (χ0v) is 11.0. The number of nitrogens with two attached hydrogens (primary N) is 1. The second-order valence-electron chi connectivity index (χ2n) is 4.52. The molecule has 0 radical (unpaired) electrons. The summed E-state index contributed by atoms with van der Waals surface area (Å²) in [5.41, 5.74) is 5.87. The number of nitrogen functional groups attached to an aromatic ring is 1. The molecule has 1 heterocycles. The molecule has 0 atom stereocenters. The summed E-state index contributed by atoms with van der Waals surface area (Å²) in [6.45, 7) is 3.38. The summed E-state index contributed by atoms with van der Waals surface area (Å²) in [7, 11) is 1.46. The quantitative estimate of drug-likeness (QED) is 0.915. The molecular formula is C11H16F3N5. The lowest BCUT2D eigenvalue weighted by molar-refractivity contribution is -0.132. The van der Waals surface area contributed by atoms with E-state index in [4.69, 9.17) is 11.0 Å². The molecule has 0 fully saturated rings. The van der Waals surface area contributed by atoms with E-state index in [2.05, 4.69) is 5.10 Å². The third kappa shape index (κ3) is 3.53. The maximum Gasteiger partial charge on any atom is 0.390 e. The van der Waals surface area contributed by atoms with Crippen molar-refractivity contribution in [2.24, 2.45) is 0 Å². The summed E-state index contributed by atoms with van der Waals surface area (Å²) < 4.78 is 38.0. The number of halogens is 3. The van der Waals surface area contributed by atoms with Crippen LogP contribution in [0.1, 0.15) is 31.9 Å². The van der Waals surface area contributed by atoms with Crippen LogP contribution in [0.15, 0.2) is 0 Å². The van der Waals surface area contributed by atoms with Gasteiger partial charge in [-0.2, -0.15) is 23.5 Å². The van der Waals surface area contributed by atoms with Gasteiger partial charge in [0.25, 0.3) is 0 Å². The highest BCUT2D eigenvalue weighted by Crippen LogP contribution is 2.27. The van der Waals surface area contributed by atoms with Crippen molar-refractivity contribution in [1.29, 1.82) is 5.26 Å². The van der Waals surface area contributed by atoms with Crippen LogP contribution in [0, 0.1) is 11.3 Å². The third-order valence-electron chi connectivity index (χ3n) is 2.62. The van der Waals surface area contributed by atoms with Gasteiger partial charge in [-0.15, -0.1) is 0 Å². The van der Waals surface area contributed by atoms with Gasteiger partial charge >= 0.3 is 6.18 Å². The molecule has 0 amide bonds. The second kappa shape index (κ2) is 5.38. The summed E-state index contributed by atoms with van der Waals surface area (Å²) in [4.78, 5) is 1.29. The number of nitriles is 1. The molecule has 8 heteroatoms. The molecule has 2 N–H and O–H groups in total. The van der Waals surface area contributed by atoms with Gasteiger partial charge in [0.15, 0.2) is 5.82 Å². The Bertz CT molecular complexity index is 484. The van der Waals surface area contributed by atoms with Gasteiger partial charge in [0.2, 0.25) is 0 Å². The molecule has 5 nitrogen and oxygen atoms in total. The Kier molecular flexibility index (Phi) is 4.29. The van der Waals surface area contributed by atoms with Crippen LogP contribution in [0.25, 0.3) is 0 Å². The molecule has 106 valence electrons. The first kappa shape index (κ1) is 15.1. The number of hydrogen-bond acceptors (Lipinski definition) is 4. The average molecular weight is 275 g/mol. The molecule has 1 rings (SSSR count). The number of anilines is 2. The van der Waals surface area contributed by atoms with Gasteiger partial charge in [0.1, 0.15) is 17.5 Å². The Morgan fingerprint density at radius 2 is 2.05 bits per heavy atom. The molecular weight excluding hydrogens is 259 g/mol. The van der Waals surface area contributed by atoms with Crippen molar-refractivity contribution in [1.82, 2.24) is 9.78 Å². The maximum atomic E-state index is 12.2. The SMILES string of the molecule is CC(C)n1nc(N(C)CCC(F)(F)F)c(C#N)c1N. The molecule has 0 unspecified atom stereocenters. The number of aromatic nitrogens is 2. The van der Waals surface area contributed by atoms with Crippen LogP contribution in [0.3, 0.4) is 0 Å². The highest BCUT2D eigenvalue weighted by molar-refractivity contribution is 5.64.